The van der Waals surface area contributed by atoms with Crippen molar-refractivity contribution in [3.05, 3.63) is 82.1 Å². The van der Waals surface area contributed by atoms with E-state index in [1.807, 2.05) is 48.2 Å². The molecule has 8 heteroatoms. The maximum Gasteiger partial charge on any atom is 0.271 e. The molecule has 4 rings (SSSR count). The Morgan fingerprint density at radius 3 is 2.30 bits per heavy atom. The highest BCUT2D eigenvalue weighted by Gasteiger charge is 2.27. The Labute approximate surface area is 195 Å². The van der Waals surface area contributed by atoms with Gasteiger partial charge in [-0.15, -0.1) is 5.10 Å². The summed E-state index contributed by atoms with van der Waals surface area (Å²) in [6.07, 6.45) is 2.65. The molecule has 33 heavy (non-hydrogen) atoms. The second kappa shape index (κ2) is 9.89. The second-order valence-corrected chi connectivity index (χ2v) is 10.4. The molecular weight excluding hydrogens is 436 g/mol. The van der Waals surface area contributed by atoms with E-state index in [1.165, 1.54) is 10.7 Å². The lowest BCUT2D eigenvalue weighted by molar-refractivity contribution is 0.433. The largest absolute Gasteiger partial charge is 0.354 e. The Hall–Kier alpha value is -2.97. The topological polar surface area (TPSA) is 75.5 Å². The Balaban J connectivity index is 1.52. The van der Waals surface area contributed by atoms with E-state index in [0.29, 0.717) is 49.0 Å². The molecule has 7 nitrogen and oxygen atoms in total. The van der Waals surface area contributed by atoms with Crippen LogP contribution in [0.5, 0.6) is 0 Å². The molecule has 1 saturated heterocycles. The molecule has 0 amide bonds. The molecule has 0 saturated carbocycles. The summed E-state index contributed by atoms with van der Waals surface area (Å²) in [4.78, 5) is 14.8. The highest BCUT2D eigenvalue weighted by molar-refractivity contribution is 7.89. The molecule has 0 spiro atoms. The van der Waals surface area contributed by atoms with Crippen molar-refractivity contribution < 1.29 is 8.42 Å². The average molecular weight is 467 g/mol. The van der Waals surface area contributed by atoms with Crippen LogP contribution in [0, 0.1) is 6.92 Å². The van der Waals surface area contributed by atoms with Crippen molar-refractivity contribution in [2.45, 2.75) is 38.0 Å². The number of aromatic nitrogens is 2. The van der Waals surface area contributed by atoms with E-state index in [2.05, 4.69) is 12.0 Å². The third kappa shape index (κ3) is 5.17. The zero-order chi connectivity index (χ0) is 23.4. The summed E-state index contributed by atoms with van der Waals surface area (Å²) < 4.78 is 29.4. The van der Waals surface area contributed by atoms with Gasteiger partial charge in [0.15, 0.2) is 0 Å². The number of anilines is 1. The van der Waals surface area contributed by atoms with Crippen molar-refractivity contribution in [1.29, 1.82) is 0 Å². The molecule has 3 aromatic rings. The fourth-order valence-electron chi connectivity index (χ4n) is 4.07. The second-order valence-electron chi connectivity index (χ2n) is 8.42. The fraction of sp³-hybridized carbons (Fsp3) is 0.360. The first-order valence-corrected chi connectivity index (χ1v) is 12.8. The molecule has 2 heterocycles. The van der Waals surface area contributed by atoms with Crippen LogP contribution in [0.15, 0.2) is 70.4 Å². The summed E-state index contributed by atoms with van der Waals surface area (Å²) in [5, 5.41) is 4.57. The summed E-state index contributed by atoms with van der Waals surface area (Å²) in [7, 11) is -3.55. The van der Waals surface area contributed by atoms with Gasteiger partial charge in [-0.3, -0.25) is 4.79 Å². The van der Waals surface area contributed by atoms with Gasteiger partial charge in [0.2, 0.25) is 10.0 Å². The minimum Gasteiger partial charge on any atom is -0.354 e. The van der Waals surface area contributed by atoms with Gasteiger partial charge in [0.05, 0.1) is 10.6 Å². The van der Waals surface area contributed by atoms with Crippen LogP contribution in [0.4, 0.5) is 5.82 Å². The standard InChI is InChI=1S/C25H30N4O3S/c1-3-5-21-8-12-23(13-9-21)33(31,32)28-17-4-16-27(18-19-28)24-14-15-25(30)29(26-24)22-10-6-20(2)7-11-22/h6-15H,3-5,16-19H2,1-2H3. The first-order valence-electron chi connectivity index (χ1n) is 11.4. The van der Waals surface area contributed by atoms with E-state index in [4.69, 9.17) is 0 Å². The number of nitrogens with zero attached hydrogens (tertiary/aromatic N) is 4. The lowest BCUT2D eigenvalue weighted by Gasteiger charge is -2.23. The Morgan fingerprint density at radius 1 is 0.879 bits per heavy atom. The van der Waals surface area contributed by atoms with Crippen LogP contribution in [0.25, 0.3) is 5.69 Å². The van der Waals surface area contributed by atoms with Crippen molar-refractivity contribution in [3.63, 3.8) is 0 Å². The first-order chi connectivity index (χ1) is 15.9. The molecule has 0 aliphatic carbocycles. The van der Waals surface area contributed by atoms with Crippen LogP contribution in [-0.2, 0) is 16.4 Å². The Kier molecular flexibility index (Phi) is 6.95. The zero-order valence-electron chi connectivity index (χ0n) is 19.1. The normalized spacial score (nSPS) is 15.4. The van der Waals surface area contributed by atoms with Gasteiger partial charge in [-0.25, -0.2) is 8.42 Å². The molecule has 1 aliphatic rings. The quantitative estimate of drug-likeness (QED) is 0.557. The summed E-state index contributed by atoms with van der Waals surface area (Å²) >= 11 is 0. The van der Waals surface area contributed by atoms with Crippen LogP contribution < -0.4 is 10.5 Å². The number of sulfonamides is 1. The number of aryl methyl sites for hydroxylation is 2. The molecule has 174 valence electrons. The Morgan fingerprint density at radius 2 is 1.61 bits per heavy atom. The maximum atomic E-state index is 13.2. The van der Waals surface area contributed by atoms with Crippen LogP contribution in [0.2, 0.25) is 0 Å². The van der Waals surface area contributed by atoms with E-state index >= 15 is 0 Å². The Bertz CT molecular complexity index is 1250. The van der Waals surface area contributed by atoms with Crippen LogP contribution >= 0.6 is 0 Å². The van der Waals surface area contributed by atoms with E-state index in [9.17, 15) is 13.2 Å². The van der Waals surface area contributed by atoms with E-state index < -0.39 is 10.0 Å². The van der Waals surface area contributed by atoms with E-state index in [-0.39, 0.29) is 5.56 Å². The van der Waals surface area contributed by atoms with Crippen molar-refractivity contribution in [2.75, 3.05) is 31.1 Å². The van der Waals surface area contributed by atoms with Crippen LogP contribution in [0.3, 0.4) is 0 Å². The molecule has 1 fully saturated rings. The number of benzene rings is 2. The van der Waals surface area contributed by atoms with Gasteiger partial charge in [-0.2, -0.15) is 8.99 Å². The number of rotatable bonds is 6. The van der Waals surface area contributed by atoms with Gasteiger partial charge in [0.1, 0.15) is 5.82 Å². The van der Waals surface area contributed by atoms with Crippen molar-refractivity contribution in [2.24, 2.45) is 0 Å². The van der Waals surface area contributed by atoms with Crippen LogP contribution in [0.1, 0.15) is 30.9 Å². The zero-order valence-corrected chi connectivity index (χ0v) is 20.0. The van der Waals surface area contributed by atoms with Gasteiger partial charge in [-0.05, 0) is 55.7 Å². The molecular formula is C25H30N4O3S. The highest BCUT2D eigenvalue weighted by atomic mass is 32.2. The van der Waals surface area contributed by atoms with Crippen molar-refractivity contribution in [3.8, 4) is 5.69 Å². The van der Waals surface area contributed by atoms with E-state index in [0.717, 1.165) is 24.0 Å². The van der Waals surface area contributed by atoms with Gasteiger partial charge >= 0.3 is 0 Å². The third-order valence-corrected chi connectivity index (χ3v) is 7.86. The molecule has 0 atom stereocenters. The molecule has 0 bridgehead atoms. The van der Waals surface area contributed by atoms with Gasteiger partial charge in [0, 0.05) is 32.2 Å². The number of hydrogen-bond acceptors (Lipinski definition) is 5. The smallest absolute Gasteiger partial charge is 0.271 e. The minimum absolute atomic E-state index is 0.201. The monoisotopic (exact) mass is 466 g/mol. The highest BCUT2D eigenvalue weighted by Crippen LogP contribution is 2.21. The SMILES string of the molecule is CCCc1ccc(S(=O)(=O)N2CCCN(c3ccc(=O)n(-c4ccc(C)cc4)n3)CC2)cc1. The number of hydrogen-bond donors (Lipinski definition) is 0. The first kappa shape index (κ1) is 23.2. The molecule has 1 aromatic heterocycles. The average Bonchev–Trinajstić information content (AvgIpc) is 3.08. The molecule has 2 aromatic carbocycles. The third-order valence-electron chi connectivity index (χ3n) is 5.94. The molecule has 0 unspecified atom stereocenters. The summed E-state index contributed by atoms with van der Waals surface area (Å²) in [6, 6.07) is 18.1. The molecule has 1 aliphatic heterocycles. The predicted molar refractivity (Wildman–Crippen MR) is 131 cm³/mol. The minimum atomic E-state index is -3.55. The molecule has 0 radical (unpaired) electrons. The van der Waals surface area contributed by atoms with Crippen molar-refractivity contribution in [1.82, 2.24) is 14.1 Å². The predicted octanol–water partition coefficient (Wildman–Crippen LogP) is 3.39. The van der Waals surface area contributed by atoms with Crippen LogP contribution in [-0.4, -0.2) is 48.7 Å². The lowest BCUT2D eigenvalue weighted by atomic mass is 10.1. The van der Waals surface area contributed by atoms with Gasteiger partial charge < -0.3 is 4.90 Å². The van der Waals surface area contributed by atoms with Gasteiger partial charge in [0.25, 0.3) is 5.56 Å². The lowest BCUT2D eigenvalue weighted by Crippen LogP contribution is -2.36. The summed E-state index contributed by atoms with van der Waals surface area (Å²) in [6.45, 7) is 6.09. The fourth-order valence-corrected chi connectivity index (χ4v) is 5.54. The summed E-state index contributed by atoms with van der Waals surface area (Å²) in [5.74, 6) is 0.665. The van der Waals surface area contributed by atoms with Crippen molar-refractivity contribution >= 4 is 15.8 Å². The van der Waals surface area contributed by atoms with Gasteiger partial charge in [-0.1, -0.05) is 43.2 Å². The maximum absolute atomic E-state index is 13.2. The summed E-state index contributed by atoms with van der Waals surface area (Å²) in [5.41, 5.74) is 2.76. The van der Waals surface area contributed by atoms with E-state index in [1.54, 1.807) is 22.5 Å². The molecule has 0 N–H and O–H groups in total.